The maximum Gasteiger partial charge on any atom is 0.328 e. The van der Waals surface area contributed by atoms with E-state index in [0.717, 1.165) is 6.42 Å². The molecule has 1 aromatic rings. The number of esters is 1. The molecule has 21 heavy (non-hydrogen) atoms. The molecule has 0 unspecified atom stereocenters. The van der Waals surface area contributed by atoms with Crippen LogP contribution in [0.2, 0.25) is 0 Å². The number of methoxy groups -OCH3 is 1. The number of hydrogen-bond donors (Lipinski definition) is 1. The maximum atomic E-state index is 12.7. The molecule has 0 saturated carbocycles. The van der Waals surface area contributed by atoms with Crippen LogP contribution in [0.15, 0.2) is 30.3 Å². The van der Waals surface area contributed by atoms with Gasteiger partial charge in [0.1, 0.15) is 12.1 Å². The Hall–Kier alpha value is -2.37. The number of nitrogens with one attached hydrogen (secondary N) is 1. The minimum absolute atomic E-state index is 0.291. The van der Waals surface area contributed by atoms with Crippen molar-refractivity contribution in [1.82, 2.24) is 10.2 Å². The maximum absolute atomic E-state index is 12.7. The number of benzene rings is 1. The number of amides is 2. The van der Waals surface area contributed by atoms with Gasteiger partial charge in [-0.25, -0.2) is 4.79 Å². The van der Waals surface area contributed by atoms with E-state index in [4.69, 9.17) is 4.74 Å². The van der Waals surface area contributed by atoms with E-state index in [0.29, 0.717) is 24.9 Å². The van der Waals surface area contributed by atoms with Crippen LogP contribution in [-0.4, -0.2) is 42.9 Å². The standard InChI is InChI=1S/C15H18N2O4/c1-21-15(20)12-8-5-9-17(12)14(19)13(16-10-18)11-6-3-2-4-7-11/h2-4,6-7,10,12-13H,5,8-9H2,1H3,(H,16,18)/t12-,13-/m0/s1. The highest BCUT2D eigenvalue weighted by molar-refractivity contribution is 5.90. The van der Waals surface area contributed by atoms with Gasteiger partial charge in [-0.05, 0) is 18.4 Å². The number of carbonyl (C=O) groups is 3. The van der Waals surface area contributed by atoms with E-state index < -0.39 is 18.1 Å². The average molecular weight is 290 g/mol. The third-order valence-corrected chi connectivity index (χ3v) is 3.62. The van der Waals surface area contributed by atoms with E-state index in [9.17, 15) is 14.4 Å². The number of carbonyl (C=O) groups excluding carboxylic acids is 3. The minimum Gasteiger partial charge on any atom is -0.467 e. The summed E-state index contributed by atoms with van der Waals surface area (Å²) in [6.07, 6.45) is 1.83. The normalized spacial score (nSPS) is 18.9. The Balaban J connectivity index is 2.22. The second-order valence-corrected chi connectivity index (χ2v) is 4.84. The molecule has 0 spiro atoms. The van der Waals surface area contributed by atoms with Crippen LogP contribution in [0.4, 0.5) is 0 Å². The van der Waals surface area contributed by atoms with Crippen molar-refractivity contribution in [2.24, 2.45) is 0 Å². The predicted octanol–water partition coefficient (Wildman–Crippen LogP) is 0.638. The summed E-state index contributed by atoms with van der Waals surface area (Å²) in [7, 11) is 1.31. The van der Waals surface area contributed by atoms with Gasteiger partial charge < -0.3 is 15.0 Å². The van der Waals surface area contributed by atoms with Crippen molar-refractivity contribution in [2.75, 3.05) is 13.7 Å². The lowest BCUT2D eigenvalue weighted by Crippen LogP contribution is -2.46. The van der Waals surface area contributed by atoms with Gasteiger partial charge in [0.15, 0.2) is 0 Å². The molecule has 2 amide bonds. The molecule has 2 atom stereocenters. The fraction of sp³-hybridized carbons (Fsp3) is 0.400. The Morgan fingerprint density at radius 3 is 2.71 bits per heavy atom. The van der Waals surface area contributed by atoms with Crippen LogP contribution < -0.4 is 5.32 Å². The molecular weight excluding hydrogens is 272 g/mol. The summed E-state index contributed by atoms with van der Waals surface area (Å²) in [5, 5.41) is 2.53. The molecule has 1 N–H and O–H groups in total. The van der Waals surface area contributed by atoms with Gasteiger partial charge in [-0.15, -0.1) is 0 Å². The van der Waals surface area contributed by atoms with Crippen molar-refractivity contribution < 1.29 is 19.1 Å². The Kier molecular flexibility index (Phi) is 4.92. The fourth-order valence-corrected chi connectivity index (χ4v) is 2.60. The quantitative estimate of drug-likeness (QED) is 0.638. The molecule has 1 saturated heterocycles. The Morgan fingerprint density at radius 2 is 2.10 bits per heavy atom. The highest BCUT2D eigenvalue weighted by Gasteiger charge is 2.38. The second kappa shape index (κ2) is 6.88. The Labute approximate surface area is 123 Å². The van der Waals surface area contributed by atoms with Gasteiger partial charge in [-0.1, -0.05) is 30.3 Å². The summed E-state index contributed by atoms with van der Waals surface area (Å²) >= 11 is 0. The monoisotopic (exact) mass is 290 g/mol. The number of hydrogen-bond acceptors (Lipinski definition) is 4. The molecule has 1 aliphatic rings. The summed E-state index contributed by atoms with van der Waals surface area (Å²) in [5.74, 6) is -0.708. The molecule has 1 fully saturated rings. The van der Waals surface area contributed by atoms with Crippen molar-refractivity contribution in [2.45, 2.75) is 24.9 Å². The first kappa shape index (κ1) is 15.0. The van der Waals surface area contributed by atoms with E-state index in [1.54, 1.807) is 24.3 Å². The van der Waals surface area contributed by atoms with E-state index in [-0.39, 0.29) is 5.91 Å². The summed E-state index contributed by atoms with van der Waals surface area (Å²) in [6, 6.07) is 7.60. The zero-order valence-electron chi connectivity index (χ0n) is 11.8. The third kappa shape index (κ3) is 3.21. The molecule has 2 rings (SSSR count). The second-order valence-electron chi connectivity index (χ2n) is 4.84. The zero-order valence-corrected chi connectivity index (χ0v) is 11.8. The SMILES string of the molecule is COC(=O)[C@@H]1CCCN1C(=O)[C@@H](NC=O)c1ccccc1. The van der Waals surface area contributed by atoms with Crippen molar-refractivity contribution >= 4 is 18.3 Å². The van der Waals surface area contributed by atoms with Crippen LogP contribution in [0.3, 0.4) is 0 Å². The molecule has 112 valence electrons. The molecule has 0 aliphatic carbocycles. The smallest absolute Gasteiger partial charge is 0.328 e. The van der Waals surface area contributed by atoms with Crippen LogP contribution in [-0.2, 0) is 19.1 Å². The average Bonchev–Trinajstić information content (AvgIpc) is 3.01. The topological polar surface area (TPSA) is 75.7 Å². The van der Waals surface area contributed by atoms with Crippen LogP contribution in [0, 0.1) is 0 Å². The lowest BCUT2D eigenvalue weighted by Gasteiger charge is -2.27. The molecule has 6 heteroatoms. The molecule has 1 aromatic carbocycles. The third-order valence-electron chi connectivity index (χ3n) is 3.62. The van der Waals surface area contributed by atoms with Gasteiger partial charge in [0.25, 0.3) is 5.91 Å². The van der Waals surface area contributed by atoms with E-state index >= 15 is 0 Å². The molecule has 1 heterocycles. The molecule has 0 aromatic heterocycles. The number of ether oxygens (including phenoxy) is 1. The molecule has 0 radical (unpaired) electrons. The summed E-state index contributed by atoms with van der Waals surface area (Å²) < 4.78 is 4.74. The van der Waals surface area contributed by atoms with Gasteiger partial charge in [0.2, 0.25) is 6.41 Å². The van der Waals surface area contributed by atoms with Crippen molar-refractivity contribution in [3.05, 3.63) is 35.9 Å². The van der Waals surface area contributed by atoms with Crippen LogP contribution >= 0.6 is 0 Å². The van der Waals surface area contributed by atoms with Crippen molar-refractivity contribution in [1.29, 1.82) is 0 Å². The summed E-state index contributed by atoms with van der Waals surface area (Å²) in [4.78, 5) is 36.7. The minimum atomic E-state index is -0.783. The highest BCUT2D eigenvalue weighted by Crippen LogP contribution is 2.24. The lowest BCUT2D eigenvalue weighted by molar-refractivity contribution is -0.151. The van der Waals surface area contributed by atoms with Gasteiger partial charge in [0, 0.05) is 6.54 Å². The largest absolute Gasteiger partial charge is 0.467 e. The van der Waals surface area contributed by atoms with E-state index in [1.165, 1.54) is 12.0 Å². The van der Waals surface area contributed by atoms with Crippen molar-refractivity contribution in [3.8, 4) is 0 Å². The van der Waals surface area contributed by atoms with Gasteiger partial charge >= 0.3 is 5.97 Å². The van der Waals surface area contributed by atoms with Crippen LogP contribution in [0.25, 0.3) is 0 Å². The number of likely N-dealkylation sites (tertiary alicyclic amines) is 1. The highest BCUT2D eigenvalue weighted by atomic mass is 16.5. The molecule has 1 aliphatic heterocycles. The number of nitrogens with zero attached hydrogens (tertiary/aromatic N) is 1. The number of rotatable bonds is 5. The molecule has 6 nitrogen and oxygen atoms in total. The van der Waals surface area contributed by atoms with Crippen LogP contribution in [0.1, 0.15) is 24.4 Å². The van der Waals surface area contributed by atoms with Crippen LogP contribution in [0.5, 0.6) is 0 Å². The van der Waals surface area contributed by atoms with E-state index in [2.05, 4.69) is 5.32 Å². The van der Waals surface area contributed by atoms with Crippen molar-refractivity contribution in [3.63, 3.8) is 0 Å². The first-order valence-electron chi connectivity index (χ1n) is 6.82. The molecular formula is C15H18N2O4. The Morgan fingerprint density at radius 1 is 1.38 bits per heavy atom. The van der Waals surface area contributed by atoms with Gasteiger partial charge in [-0.2, -0.15) is 0 Å². The first-order chi connectivity index (χ1) is 10.2. The zero-order chi connectivity index (χ0) is 15.2. The summed E-state index contributed by atoms with van der Waals surface area (Å²) in [6.45, 7) is 0.489. The van der Waals surface area contributed by atoms with Gasteiger partial charge in [0.05, 0.1) is 7.11 Å². The lowest BCUT2D eigenvalue weighted by atomic mass is 10.1. The fourth-order valence-electron chi connectivity index (χ4n) is 2.60. The summed E-state index contributed by atoms with van der Waals surface area (Å²) in [5.41, 5.74) is 0.685. The predicted molar refractivity (Wildman–Crippen MR) is 75.1 cm³/mol. The molecule has 0 bridgehead atoms. The van der Waals surface area contributed by atoms with Gasteiger partial charge in [-0.3, -0.25) is 9.59 Å². The first-order valence-corrected chi connectivity index (χ1v) is 6.82. The van der Waals surface area contributed by atoms with E-state index in [1.807, 2.05) is 6.07 Å². The Bertz CT molecular complexity index is 518.